The van der Waals surface area contributed by atoms with E-state index < -0.39 is 18.0 Å². The average molecular weight is 365 g/mol. The third-order valence-corrected chi connectivity index (χ3v) is 6.62. The molecule has 3 rings (SSSR count). The fourth-order valence-corrected chi connectivity index (χ4v) is 4.33. The van der Waals surface area contributed by atoms with Crippen LogP contribution in [0.2, 0.25) is 0 Å². The van der Waals surface area contributed by atoms with E-state index in [-0.39, 0.29) is 30.4 Å². The number of nitrogens with one attached hydrogen (secondary N) is 1. The van der Waals surface area contributed by atoms with Gasteiger partial charge < -0.3 is 14.4 Å². The molecule has 1 heterocycles. The first kappa shape index (κ1) is 18.7. The smallest absolute Gasteiger partial charge is 0.409 e. The second-order valence-corrected chi connectivity index (χ2v) is 8.10. The highest BCUT2D eigenvalue weighted by atomic mass is 16.6. The number of fused-ring (bicyclic) bond motifs is 2. The first-order valence-electron chi connectivity index (χ1n) is 9.17. The highest BCUT2D eigenvalue weighted by molar-refractivity contribution is 5.95. The summed E-state index contributed by atoms with van der Waals surface area (Å²) in [4.78, 5) is 36.3. The SMILES string of the molecule is CC1(C)[C@H]2CC[C@]1(C)C(=NNC(=O)COC(=O)CCN1CCOC1=O)C2. The molecule has 3 fully saturated rings. The van der Waals surface area contributed by atoms with Gasteiger partial charge in [-0.15, -0.1) is 0 Å². The summed E-state index contributed by atoms with van der Waals surface area (Å²) < 4.78 is 9.72. The molecule has 0 aromatic rings. The fraction of sp³-hybridized carbons (Fsp3) is 0.778. The lowest BCUT2D eigenvalue weighted by molar-refractivity contribution is -0.148. The molecule has 26 heavy (non-hydrogen) atoms. The van der Waals surface area contributed by atoms with E-state index >= 15 is 0 Å². The van der Waals surface area contributed by atoms with E-state index in [1.54, 1.807) is 0 Å². The van der Waals surface area contributed by atoms with Gasteiger partial charge >= 0.3 is 12.1 Å². The maximum atomic E-state index is 11.9. The van der Waals surface area contributed by atoms with E-state index in [1.165, 1.54) is 11.3 Å². The molecular weight excluding hydrogens is 338 g/mol. The van der Waals surface area contributed by atoms with Gasteiger partial charge in [-0.05, 0) is 30.6 Å². The van der Waals surface area contributed by atoms with E-state index in [1.807, 2.05) is 0 Å². The van der Waals surface area contributed by atoms with Crippen LogP contribution in [0.1, 0.15) is 46.5 Å². The Bertz CT molecular complexity index is 645. The quantitative estimate of drug-likeness (QED) is 0.571. The topological polar surface area (TPSA) is 97.3 Å². The zero-order valence-corrected chi connectivity index (χ0v) is 15.7. The molecule has 1 saturated heterocycles. The van der Waals surface area contributed by atoms with Crippen LogP contribution in [0, 0.1) is 16.7 Å². The van der Waals surface area contributed by atoms with Crippen molar-refractivity contribution in [3.63, 3.8) is 0 Å². The van der Waals surface area contributed by atoms with E-state index in [9.17, 15) is 14.4 Å². The van der Waals surface area contributed by atoms with Gasteiger partial charge in [0.15, 0.2) is 6.61 Å². The molecule has 144 valence electrons. The summed E-state index contributed by atoms with van der Waals surface area (Å²) in [5.41, 5.74) is 3.77. The number of ether oxygens (including phenoxy) is 2. The Balaban J connectivity index is 1.41. The lowest BCUT2D eigenvalue weighted by Gasteiger charge is -2.34. The van der Waals surface area contributed by atoms with Gasteiger partial charge in [-0.2, -0.15) is 5.10 Å². The maximum absolute atomic E-state index is 11.9. The Labute approximate surface area is 153 Å². The summed E-state index contributed by atoms with van der Waals surface area (Å²) in [6.45, 7) is 7.43. The molecule has 0 aromatic carbocycles. The van der Waals surface area contributed by atoms with Gasteiger partial charge in [0.25, 0.3) is 5.91 Å². The van der Waals surface area contributed by atoms with Gasteiger partial charge in [0.1, 0.15) is 6.61 Å². The number of hydrogen-bond acceptors (Lipinski definition) is 6. The lowest BCUT2D eigenvalue weighted by atomic mass is 9.70. The molecule has 2 aliphatic carbocycles. The van der Waals surface area contributed by atoms with Crippen LogP contribution in [0.4, 0.5) is 4.79 Å². The minimum absolute atomic E-state index is 0.0198. The molecule has 8 nitrogen and oxygen atoms in total. The summed E-state index contributed by atoms with van der Waals surface area (Å²) in [5.74, 6) is -0.366. The number of carbonyl (C=O) groups excluding carboxylic acids is 3. The lowest BCUT2D eigenvalue weighted by Crippen LogP contribution is -2.35. The second-order valence-electron chi connectivity index (χ2n) is 8.10. The van der Waals surface area contributed by atoms with Gasteiger partial charge in [0.05, 0.1) is 13.0 Å². The Kier molecular flexibility index (Phi) is 4.94. The number of cyclic esters (lactones) is 1. The molecule has 8 heteroatoms. The van der Waals surface area contributed by atoms with Crippen LogP contribution in [0.25, 0.3) is 0 Å². The second kappa shape index (κ2) is 6.89. The van der Waals surface area contributed by atoms with Crippen LogP contribution in [0.15, 0.2) is 5.10 Å². The normalized spacial score (nSPS) is 30.6. The summed E-state index contributed by atoms with van der Waals surface area (Å²) in [6, 6.07) is 0. The molecule has 3 aliphatic rings. The zero-order chi connectivity index (χ0) is 18.9. The molecule has 0 spiro atoms. The minimum Gasteiger partial charge on any atom is -0.455 e. The minimum atomic E-state index is -0.527. The Morgan fingerprint density at radius 2 is 2.15 bits per heavy atom. The summed E-state index contributed by atoms with van der Waals surface area (Å²) in [6.07, 6.45) is 2.82. The van der Waals surface area contributed by atoms with Crippen LogP contribution in [0.3, 0.4) is 0 Å². The first-order valence-corrected chi connectivity index (χ1v) is 9.17. The third kappa shape index (κ3) is 3.29. The number of hydrazone groups is 1. The van der Waals surface area contributed by atoms with Crippen molar-refractivity contribution in [3.8, 4) is 0 Å². The van der Waals surface area contributed by atoms with Gasteiger partial charge in [0, 0.05) is 17.7 Å². The van der Waals surface area contributed by atoms with Crippen LogP contribution in [-0.4, -0.2) is 54.9 Å². The van der Waals surface area contributed by atoms with Crippen LogP contribution >= 0.6 is 0 Å². The number of rotatable bonds is 6. The predicted octanol–water partition coefficient (Wildman–Crippen LogP) is 1.69. The summed E-state index contributed by atoms with van der Waals surface area (Å²) in [5, 5.41) is 4.33. The van der Waals surface area contributed by atoms with E-state index in [4.69, 9.17) is 9.47 Å². The van der Waals surface area contributed by atoms with Crippen molar-refractivity contribution in [1.82, 2.24) is 10.3 Å². The maximum Gasteiger partial charge on any atom is 0.409 e. The standard InChI is InChI=1S/C18H27N3O5/c1-17(2)12-4-6-18(17,3)13(10-12)19-20-14(22)11-26-15(23)5-7-21-8-9-25-16(21)24/h12H,4-11H2,1-3H3,(H,20,22)/t12-,18+/m0/s1. The van der Waals surface area contributed by atoms with Crippen molar-refractivity contribution in [2.75, 3.05) is 26.3 Å². The monoisotopic (exact) mass is 365 g/mol. The third-order valence-electron chi connectivity index (χ3n) is 6.62. The largest absolute Gasteiger partial charge is 0.455 e. The van der Waals surface area contributed by atoms with Crippen LogP contribution in [-0.2, 0) is 19.1 Å². The van der Waals surface area contributed by atoms with Crippen molar-refractivity contribution >= 4 is 23.7 Å². The highest BCUT2D eigenvalue weighted by Crippen LogP contribution is 2.63. The Morgan fingerprint density at radius 1 is 1.38 bits per heavy atom. The van der Waals surface area contributed by atoms with Crippen LogP contribution in [0.5, 0.6) is 0 Å². The predicted molar refractivity (Wildman–Crippen MR) is 93.3 cm³/mol. The Morgan fingerprint density at radius 3 is 2.73 bits per heavy atom. The van der Waals surface area contributed by atoms with Gasteiger partial charge in [-0.25, -0.2) is 10.2 Å². The first-order chi connectivity index (χ1) is 12.2. The van der Waals surface area contributed by atoms with Crippen LogP contribution < -0.4 is 5.43 Å². The van der Waals surface area contributed by atoms with Gasteiger partial charge in [-0.1, -0.05) is 20.8 Å². The number of nitrogens with zero attached hydrogens (tertiary/aromatic N) is 2. The van der Waals surface area contributed by atoms with E-state index in [0.29, 0.717) is 19.1 Å². The summed E-state index contributed by atoms with van der Waals surface area (Å²) in [7, 11) is 0. The molecule has 1 aliphatic heterocycles. The van der Waals surface area contributed by atoms with Gasteiger partial charge in [-0.3, -0.25) is 9.59 Å². The van der Waals surface area contributed by atoms with Gasteiger partial charge in [0.2, 0.25) is 0 Å². The molecule has 2 amide bonds. The summed E-state index contributed by atoms with van der Waals surface area (Å²) >= 11 is 0. The van der Waals surface area contributed by atoms with E-state index in [0.717, 1.165) is 18.6 Å². The number of hydrogen-bond donors (Lipinski definition) is 1. The molecule has 0 unspecified atom stereocenters. The number of carbonyl (C=O) groups is 3. The molecule has 1 N–H and O–H groups in total. The van der Waals surface area contributed by atoms with Crippen molar-refractivity contribution < 1.29 is 23.9 Å². The number of esters is 1. The van der Waals surface area contributed by atoms with E-state index in [2.05, 4.69) is 31.3 Å². The molecule has 2 bridgehead atoms. The molecule has 0 radical (unpaired) electrons. The average Bonchev–Trinajstić information content (AvgIpc) is 3.16. The van der Waals surface area contributed by atoms with Crippen molar-refractivity contribution in [2.24, 2.45) is 21.8 Å². The Hall–Kier alpha value is -2.12. The molecule has 0 aromatic heterocycles. The van der Waals surface area contributed by atoms with Crippen molar-refractivity contribution in [1.29, 1.82) is 0 Å². The highest BCUT2D eigenvalue weighted by Gasteiger charge is 2.60. The molecular formula is C18H27N3O5. The zero-order valence-electron chi connectivity index (χ0n) is 15.7. The molecule has 2 atom stereocenters. The number of amides is 2. The van der Waals surface area contributed by atoms with Crippen molar-refractivity contribution in [2.45, 2.75) is 46.5 Å². The van der Waals surface area contributed by atoms with Crippen molar-refractivity contribution in [3.05, 3.63) is 0 Å². The fourth-order valence-electron chi connectivity index (χ4n) is 4.33. The molecule has 2 saturated carbocycles.